The summed E-state index contributed by atoms with van der Waals surface area (Å²) in [6, 6.07) is 8.98. The predicted molar refractivity (Wildman–Crippen MR) is 79.5 cm³/mol. The molecule has 0 saturated carbocycles. The number of amides is 1. The van der Waals surface area contributed by atoms with Crippen LogP contribution >= 0.6 is 0 Å². The van der Waals surface area contributed by atoms with Crippen LogP contribution in [0, 0.1) is 6.92 Å². The third-order valence-corrected chi connectivity index (χ3v) is 2.82. The number of hydrogen-bond donors (Lipinski definition) is 1. The van der Waals surface area contributed by atoms with Gasteiger partial charge in [-0.25, -0.2) is 0 Å². The predicted octanol–water partition coefficient (Wildman–Crippen LogP) is 2.74. The van der Waals surface area contributed by atoms with Gasteiger partial charge in [-0.2, -0.15) is 0 Å². The molecule has 1 heterocycles. The molecule has 0 fully saturated rings. The molecule has 112 valence electrons. The second-order valence-corrected chi connectivity index (χ2v) is 5.13. The molecular weight excluding hydrogens is 268 g/mol. The van der Waals surface area contributed by atoms with Crippen LogP contribution in [0.1, 0.15) is 35.7 Å². The Morgan fingerprint density at radius 1 is 1.33 bits per heavy atom. The van der Waals surface area contributed by atoms with Gasteiger partial charge in [0.15, 0.2) is 0 Å². The van der Waals surface area contributed by atoms with Gasteiger partial charge in [-0.3, -0.25) is 4.79 Å². The molecule has 0 aliphatic heterocycles. The van der Waals surface area contributed by atoms with Crippen LogP contribution in [-0.2, 0) is 6.42 Å². The van der Waals surface area contributed by atoms with Gasteiger partial charge < -0.3 is 14.6 Å². The zero-order valence-electron chi connectivity index (χ0n) is 12.6. The zero-order valence-corrected chi connectivity index (χ0v) is 12.6. The average molecular weight is 288 g/mol. The van der Waals surface area contributed by atoms with Crippen LogP contribution < -0.4 is 10.1 Å². The lowest BCUT2D eigenvalue weighted by Gasteiger charge is -2.10. The van der Waals surface area contributed by atoms with Crippen LogP contribution in [0.25, 0.3) is 0 Å². The summed E-state index contributed by atoms with van der Waals surface area (Å²) in [5, 5.41) is 6.65. The van der Waals surface area contributed by atoms with Gasteiger partial charge >= 0.3 is 0 Å². The highest BCUT2D eigenvalue weighted by Crippen LogP contribution is 2.13. The van der Waals surface area contributed by atoms with E-state index in [-0.39, 0.29) is 12.0 Å². The second-order valence-electron chi connectivity index (χ2n) is 5.13. The number of rotatable bonds is 6. The molecule has 5 heteroatoms. The molecule has 21 heavy (non-hydrogen) atoms. The van der Waals surface area contributed by atoms with Crippen molar-refractivity contribution in [3.8, 4) is 5.75 Å². The first-order valence-electron chi connectivity index (χ1n) is 7.01. The minimum atomic E-state index is -0.109. The maximum atomic E-state index is 12.0. The fourth-order valence-corrected chi connectivity index (χ4v) is 1.89. The highest BCUT2D eigenvalue weighted by Gasteiger charge is 2.07. The van der Waals surface area contributed by atoms with Crippen molar-refractivity contribution in [3.63, 3.8) is 0 Å². The molecule has 0 radical (unpaired) electrons. The molecule has 2 rings (SSSR count). The molecule has 1 N–H and O–H groups in total. The van der Waals surface area contributed by atoms with Crippen molar-refractivity contribution in [1.29, 1.82) is 0 Å². The molecule has 0 aliphatic carbocycles. The molecule has 2 aromatic rings. The number of carbonyl (C=O) groups excluding carboxylic acids is 1. The lowest BCUT2D eigenvalue weighted by atomic mass is 10.2. The second kappa shape index (κ2) is 6.92. The number of nitrogens with zero attached hydrogens (tertiary/aromatic N) is 1. The monoisotopic (exact) mass is 288 g/mol. The maximum Gasteiger partial charge on any atom is 0.251 e. The van der Waals surface area contributed by atoms with Crippen molar-refractivity contribution < 1.29 is 14.1 Å². The van der Waals surface area contributed by atoms with Crippen LogP contribution in [0.15, 0.2) is 34.9 Å². The van der Waals surface area contributed by atoms with Gasteiger partial charge in [-0.1, -0.05) is 5.16 Å². The van der Waals surface area contributed by atoms with E-state index in [0.717, 1.165) is 17.2 Å². The number of carbonyl (C=O) groups is 1. The number of ether oxygens (including phenoxy) is 1. The molecule has 1 amide bonds. The van der Waals surface area contributed by atoms with Crippen molar-refractivity contribution in [2.75, 3.05) is 6.54 Å². The molecule has 1 aromatic carbocycles. The van der Waals surface area contributed by atoms with E-state index in [1.807, 2.05) is 26.8 Å². The molecule has 5 nitrogen and oxygen atoms in total. The molecule has 1 aromatic heterocycles. The largest absolute Gasteiger partial charge is 0.491 e. The number of aromatic nitrogens is 1. The standard InChI is InChI=1S/C16H20N2O3/c1-11(2)20-14-6-4-13(5-7-14)16(19)17-9-8-15-10-12(3)18-21-15/h4-7,10-11H,8-9H2,1-3H3,(H,17,19). The first-order valence-corrected chi connectivity index (χ1v) is 7.01. The van der Waals surface area contributed by atoms with Gasteiger partial charge in [-0.05, 0) is 45.0 Å². The van der Waals surface area contributed by atoms with E-state index in [4.69, 9.17) is 9.26 Å². The Morgan fingerprint density at radius 2 is 2.05 bits per heavy atom. The van der Waals surface area contributed by atoms with Crippen LogP contribution in [0.4, 0.5) is 0 Å². The third-order valence-electron chi connectivity index (χ3n) is 2.82. The third kappa shape index (κ3) is 4.63. The summed E-state index contributed by atoms with van der Waals surface area (Å²) in [6.07, 6.45) is 0.747. The molecule has 0 bridgehead atoms. The van der Waals surface area contributed by atoms with Gasteiger partial charge in [0.1, 0.15) is 11.5 Å². The molecule has 0 aliphatic rings. The van der Waals surface area contributed by atoms with Gasteiger partial charge in [-0.15, -0.1) is 0 Å². The van der Waals surface area contributed by atoms with Crippen LogP contribution in [0.2, 0.25) is 0 Å². The minimum absolute atomic E-state index is 0.109. The quantitative estimate of drug-likeness (QED) is 0.887. The highest BCUT2D eigenvalue weighted by atomic mass is 16.5. The van der Waals surface area contributed by atoms with Crippen LogP contribution in [-0.4, -0.2) is 23.7 Å². The van der Waals surface area contributed by atoms with Crippen molar-refractivity contribution in [3.05, 3.63) is 47.3 Å². The van der Waals surface area contributed by atoms with E-state index in [1.165, 1.54) is 0 Å². The summed E-state index contributed by atoms with van der Waals surface area (Å²) in [5.41, 5.74) is 1.46. The van der Waals surface area contributed by atoms with E-state index < -0.39 is 0 Å². The summed E-state index contributed by atoms with van der Waals surface area (Å²) < 4.78 is 10.6. The highest BCUT2D eigenvalue weighted by molar-refractivity contribution is 5.94. The fourth-order valence-electron chi connectivity index (χ4n) is 1.89. The number of hydrogen-bond acceptors (Lipinski definition) is 4. The first kappa shape index (κ1) is 15.1. The zero-order chi connectivity index (χ0) is 15.2. The van der Waals surface area contributed by atoms with E-state index >= 15 is 0 Å². The summed E-state index contributed by atoms with van der Waals surface area (Å²) >= 11 is 0. The minimum Gasteiger partial charge on any atom is -0.491 e. The lowest BCUT2D eigenvalue weighted by molar-refractivity contribution is 0.0953. The lowest BCUT2D eigenvalue weighted by Crippen LogP contribution is -2.25. The number of aryl methyl sites for hydroxylation is 1. The Labute approximate surface area is 124 Å². The first-order chi connectivity index (χ1) is 10.0. The molecule has 0 atom stereocenters. The van der Waals surface area contributed by atoms with Gasteiger partial charge in [0.2, 0.25) is 0 Å². The van der Waals surface area contributed by atoms with E-state index in [1.54, 1.807) is 24.3 Å². The van der Waals surface area contributed by atoms with E-state index in [2.05, 4.69) is 10.5 Å². The summed E-state index contributed by atoms with van der Waals surface area (Å²) in [5.74, 6) is 1.43. The van der Waals surface area contributed by atoms with Gasteiger partial charge in [0, 0.05) is 24.6 Å². The Hall–Kier alpha value is -2.30. The van der Waals surface area contributed by atoms with Crippen molar-refractivity contribution >= 4 is 5.91 Å². The SMILES string of the molecule is Cc1cc(CCNC(=O)c2ccc(OC(C)C)cc2)on1. The Kier molecular flexibility index (Phi) is 4.98. The molecule has 0 unspecified atom stereocenters. The van der Waals surface area contributed by atoms with Crippen molar-refractivity contribution in [1.82, 2.24) is 10.5 Å². The van der Waals surface area contributed by atoms with Crippen molar-refractivity contribution in [2.45, 2.75) is 33.3 Å². The smallest absolute Gasteiger partial charge is 0.251 e. The maximum absolute atomic E-state index is 12.0. The summed E-state index contributed by atoms with van der Waals surface area (Å²) in [4.78, 5) is 12.0. The van der Waals surface area contributed by atoms with Crippen molar-refractivity contribution in [2.24, 2.45) is 0 Å². The average Bonchev–Trinajstić information content (AvgIpc) is 2.84. The van der Waals surface area contributed by atoms with E-state index in [9.17, 15) is 4.79 Å². The van der Waals surface area contributed by atoms with E-state index in [0.29, 0.717) is 18.5 Å². The topological polar surface area (TPSA) is 64.4 Å². The summed E-state index contributed by atoms with van der Waals surface area (Å²) in [6.45, 7) is 6.31. The Bertz CT molecular complexity index is 588. The Balaban J connectivity index is 1.82. The van der Waals surface area contributed by atoms with Gasteiger partial charge in [0.25, 0.3) is 5.91 Å². The molecule has 0 spiro atoms. The van der Waals surface area contributed by atoms with Gasteiger partial charge in [0.05, 0.1) is 11.8 Å². The molecule has 0 saturated heterocycles. The number of nitrogens with one attached hydrogen (secondary N) is 1. The Morgan fingerprint density at radius 3 is 2.62 bits per heavy atom. The molecular formula is C16H20N2O3. The number of benzene rings is 1. The summed E-state index contributed by atoms with van der Waals surface area (Å²) in [7, 11) is 0. The van der Waals surface area contributed by atoms with Crippen LogP contribution in [0.3, 0.4) is 0 Å². The normalized spacial score (nSPS) is 10.7. The van der Waals surface area contributed by atoms with Crippen LogP contribution in [0.5, 0.6) is 5.75 Å². The fraction of sp³-hybridized carbons (Fsp3) is 0.375.